The number of benzene rings is 1. The van der Waals surface area contributed by atoms with Gasteiger partial charge < -0.3 is 11.5 Å². The molecule has 70 valence electrons. The van der Waals surface area contributed by atoms with Crippen molar-refractivity contribution in [3.63, 3.8) is 0 Å². The number of carbonyl (C=O) groups excluding carboxylic acids is 1. The van der Waals surface area contributed by atoms with E-state index in [1.807, 2.05) is 24.3 Å². The van der Waals surface area contributed by atoms with Crippen LogP contribution in [0.4, 0.5) is 0 Å². The topological polar surface area (TPSA) is 69.1 Å². The molecule has 1 aromatic carbocycles. The lowest BCUT2D eigenvalue weighted by Gasteiger charge is -2.05. The standard InChI is InChI=1S/C10H14N2O/c11-7-9-4-2-1-3-8(9)5-6-10(12)13/h1-4H,5-7,11H2,(H2,12,13). The van der Waals surface area contributed by atoms with Gasteiger partial charge in [-0.25, -0.2) is 0 Å². The summed E-state index contributed by atoms with van der Waals surface area (Å²) in [5, 5.41) is 0. The van der Waals surface area contributed by atoms with Gasteiger partial charge in [0, 0.05) is 13.0 Å². The van der Waals surface area contributed by atoms with E-state index in [4.69, 9.17) is 11.5 Å². The van der Waals surface area contributed by atoms with E-state index in [1.54, 1.807) is 0 Å². The molecular weight excluding hydrogens is 164 g/mol. The van der Waals surface area contributed by atoms with Crippen molar-refractivity contribution in [1.82, 2.24) is 0 Å². The zero-order chi connectivity index (χ0) is 9.68. The summed E-state index contributed by atoms with van der Waals surface area (Å²) in [6.45, 7) is 0.509. The molecule has 1 rings (SSSR count). The van der Waals surface area contributed by atoms with Crippen molar-refractivity contribution >= 4 is 5.91 Å². The van der Waals surface area contributed by atoms with Gasteiger partial charge in [0.1, 0.15) is 0 Å². The van der Waals surface area contributed by atoms with Gasteiger partial charge in [0.15, 0.2) is 0 Å². The maximum Gasteiger partial charge on any atom is 0.217 e. The van der Waals surface area contributed by atoms with E-state index in [2.05, 4.69) is 0 Å². The van der Waals surface area contributed by atoms with Crippen LogP contribution in [0.5, 0.6) is 0 Å². The third-order valence-electron chi connectivity index (χ3n) is 1.98. The summed E-state index contributed by atoms with van der Waals surface area (Å²) in [5.74, 6) is -0.271. The molecule has 0 aromatic heterocycles. The molecule has 3 nitrogen and oxygen atoms in total. The highest BCUT2D eigenvalue weighted by Crippen LogP contribution is 2.09. The van der Waals surface area contributed by atoms with E-state index in [1.165, 1.54) is 0 Å². The Balaban J connectivity index is 2.69. The number of amides is 1. The van der Waals surface area contributed by atoms with E-state index >= 15 is 0 Å². The van der Waals surface area contributed by atoms with E-state index < -0.39 is 0 Å². The number of primary amides is 1. The molecule has 13 heavy (non-hydrogen) atoms. The molecule has 0 radical (unpaired) electrons. The first-order valence-corrected chi connectivity index (χ1v) is 4.29. The maximum absolute atomic E-state index is 10.6. The minimum absolute atomic E-state index is 0.271. The Labute approximate surface area is 77.7 Å². The van der Waals surface area contributed by atoms with Gasteiger partial charge in [0.2, 0.25) is 5.91 Å². The molecule has 0 aliphatic carbocycles. The van der Waals surface area contributed by atoms with Gasteiger partial charge >= 0.3 is 0 Å². The lowest BCUT2D eigenvalue weighted by Crippen LogP contribution is -2.12. The zero-order valence-corrected chi connectivity index (χ0v) is 7.49. The van der Waals surface area contributed by atoms with Crippen molar-refractivity contribution in [2.75, 3.05) is 0 Å². The molecule has 3 heteroatoms. The SMILES string of the molecule is NCc1ccccc1CCC(N)=O. The van der Waals surface area contributed by atoms with Crippen LogP contribution in [0.2, 0.25) is 0 Å². The Kier molecular flexibility index (Phi) is 3.46. The van der Waals surface area contributed by atoms with Crippen LogP contribution < -0.4 is 11.5 Å². The lowest BCUT2D eigenvalue weighted by molar-refractivity contribution is -0.117. The summed E-state index contributed by atoms with van der Waals surface area (Å²) in [5.41, 5.74) is 12.8. The molecule has 0 heterocycles. The number of hydrogen-bond acceptors (Lipinski definition) is 2. The van der Waals surface area contributed by atoms with Crippen LogP contribution in [-0.4, -0.2) is 5.91 Å². The Morgan fingerprint density at radius 2 is 1.85 bits per heavy atom. The Morgan fingerprint density at radius 3 is 2.38 bits per heavy atom. The summed E-state index contributed by atoms with van der Waals surface area (Å²) in [6.07, 6.45) is 1.07. The largest absolute Gasteiger partial charge is 0.370 e. The van der Waals surface area contributed by atoms with Crippen molar-refractivity contribution in [2.45, 2.75) is 19.4 Å². The molecule has 1 aromatic rings. The van der Waals surface area contributed by atoms with Gasteiger partial charge in [-0.05, 0) is 17.5 Å². The minimum Gasteiger partial charge on any atom is -0.370 e. The molecule has 0 saturated heterocycles. The fraction of sp³-hybridized carbons (Fsp3) is 0.300. The quantitative estimate of drug-likeness (QED) is 0.707. The summed E-state index contributed by atoms with van der Waals surface area (Å²) in [4.78, 5) is 10.6. The number of carbonyl (C=O) groups is 1. The number of nitrogens with two attached hydrogens (primary N) is 2. The number of rotatable bonds is 4. The fourth-order valence-corrected chi connectivity index (χ4v) is 1.26. The molecule has 0 atom stereocenters. The van der Waals surface area contributed by atoms with E-state index in [0.29, 0.717) is 19.4 Å². The highest BCUT2D eigenvalue weighted by Gasteiger charge is 2.01. The lowest BCUT2D eigenvalue weighted by atomic mass is 10.0. The highest BCUT2D eigenvalue weighted by atomic mass is 16.1. The van der Waals surface area contributed by atoms with Crippen LogP contribution in [0.15, 0.2) is 24.3 Å². The second kappa shape index (κ2) is 4.62. The molecule has 0 saturated carbocycles. The average Bonchev–Trinajstić information content (AvgIpc) is 2.15. The van der Waals surface area contributed by atoms with Gasteiger partial charge in [0.05, 0.1) is 0 Å². The second-order valence-electron chi connectivity index (χ2n) is 2.94. The minimum atomic E-state index is -0.271. The molecule has 1 amide bonds. The van der Waals surface area contributed by atoms with Crippen LogP contribution in [-0.2, 0) is 17.8 Å². The predicted octanol–water partition coefficient (Wildman–Crippen LogP) is 0.563. The summed E-state index contributed by atoms with van der Waals surface area (Å²) < 4.78 is 0. The van der Waals surface area contributed by atoms with Gasteiger partial charge in [-0.3, -0.25) is 4.79 Å². The normalized spacial score (nSPS) is 9.92. The maximum atomic E-state index is 10.6. The van der Waals surface area contributed by atoms with E-state index in [0.717, 1.165) is 11.1 Å². The monoisotopic (exact) mass is 178 g/mol. The fourth-order valence-electron chi connectivity index (χ4n) is 1.26. The van der Waals surface area contributed by atoms with E-state index in [9.17, 15) is 4.79 Å². The predicted molar refractivity (Wildman–Crippen MR) is 51.8 cm³/mol. The summed E-state index contributed by atoms with van der Waals surface area (Å²) >= 11 is 0. The van der Waals surface area contributed by atoms with Gasteiger partial charge in [-0.1, -0.05) is 24.3 Å². The smallest absolute Gasteiger partial charge is 0.217 e. The van der Waals surface area contributed by atoms with Crippen molar-refractivity contribution in [3.8, 4) is 0 Å². The number of hydrogen-bond donors (Lipinski definition) is 2. The third-order valence-corrected chi connectivity index (χ3v) is 1.98. The Hall–Kier alpha value is -1.35. The van der Waals surface area contributed by atoms with Crippen LogP contribution in [0, 0.1) is 0 Å². The molecule has 4 N–H and O–H groups in total. The van der Waals surface area contributed by atoms with E-state index in [-0.39, 0.29) is 5.91 Å². The molecule has 0 aliphatic heterocycles. The van der Waals surface area contributed by atoms with Crippen molar-refractivity contribution in [3.05, 3.63) is 35.4 Å². The molecule has 0 bridgehead atoms. The molecule has 0 spiro atoms. The summed E-state index contributed by atoms with van der Waals surface area (Å²) in [6, 6.07) is 7.83. The molecular formula is C10H14N2O. The second-order valence-corrected chi connectivity index (χ2v) is 2.94. The first-order chi connectivity index (χ1) is 6.24. The van der Waals surface area contributed by atoms with Crippen molar-refractivity contribution < 1.29 is 4.79 Å². The first kappa shape index (κ1) is 9.74. The van der Waals surface area contributed by atoms with Gasteiger partial charge in [0.25, 0.3) is 0 Å². The van der Waals surface area contributed by atoms with Crippen LogP contribution in [0.1, 0.15) is 17.5 Å². The van der Waals surface area contributed by atoms with Gasteiger partial charge in [-0.15, -0.1) is 0 Å². The van der Waals surface area contributed by atoms with Crippen LogP contribution in [0.3, 0.4) is 0 Å². The van der Waals surface area contributed by atoms with Crippen LogP contribution in [0.25, 0.3) is 0 Å². The van der Waals surface area contributed by atoms with Crippen molar-refractivity contribution in [1.29, 1.82) is 0 Å². The first-order valence-electron chi connectivity index (χ1n) is 4.29. The Morgan fingerprint density at radius 1 is 1.23 bits per heavy atom. The number of aryl methyl sites for hydroxylation is 1. The van der Waals surface area contributed by atoms with Crippen molar-refractivity contribution in [2.24, 2.45) is 11.5 Å². The third kappa shape index (κ3) is 2.87. The average molecular weight is 178 g/mol. The molecule has 0 fully saturated rings. The molecule has 0 aliphatic rings. The van der Waals surface area contributed by atoms with Gasteiger partial charge in [-0.2, -0.15) is 0 Å². The Bertz CT molecular complexity index is 297. The summed E-state index contributed by atoms with van der Waals surface area (Å²) in [7, 11) is 0. The highest BCUT2D eigenvalue weighted by molar-refractivity contribution is 5.74. The van der Waals surface area contributed by atoms with Crippen LogP contribution >= 0.6 is 0 Å². The zero-order valence-electron chi connectivity index (χ0n) is 7.49. The molecule has 0 unspecified atom stereocenters.